The lowest BCUT2D eigenvalue weighted by Crippen LogP contribution is -2.51. The van der Waals surface area contributed by atoms with E-state index in [4.69, 9.17) is 0 Å². The molecule has 1 aliphatic heterocycles. The maximum Gasteiger partial charge on any atom is 0.274 e. The summed E-state index contributed by atoms with van der Waals surface area (Å²) in [5.74, 6) is -0.208. The van der Waals surface area contributed by atoms with E-state index in [9.17, 15) is 14.4 Å². The highest BCUT2D eigenvalue weighted by Crippen LogP contribution is 2.12. The van der Waals surface area contributed by atoms with Crippen molar-refractivity contribution in [2.45, 2.75) is 39.7 Å². The Morgan fingerprint density at radius 3 is 2.10 bits per heavy atom. The fraction of sp³-hybridized carbons (Fsp3) is 0.455. The van der Waals surface area contributed by atoms with E-state index in [1.165, 1.54) is 22.4 Å². The van der Waals surface area contributed by atoms with Gasteiger partial charge in [-0.2, -0.15) is 5.10 Å². The summed E-state index contributed by atoms with van der Waals surface area (Å²) in [6, 6.07) is 10.6. The number of unbranched alkanes of at least 4 members (excludes halogenated alkanes) is 1. The second kappa shape index (κ2) is 9.49. The number of nitrogens with zero attached hydrogens (tertiary/aromatic N) is 4. The fourth-order valence-corrected chi connectivity index (χ4v) is 3.37. The normalized spacial score (nSPS) is 14.1. The van der Waals surface area contributed by atoms with Crippen LogP contribution in [0.2, 0.25) is 0 Å². The van der Waals surface area contributed by atoms with Crippen LogP contribution in [0.3, 0.4) is 0 Å². The molecule has 2 heterocycles. The predicted molar refractivity (Wildman–Crippen MR) is 111 cm³/mol. The molecule has 2 aromatic rings. The molecule has 1 aromatic carbocycles. The number of amides is 2. The summed E-state index contributed by atoms with van der Waals surface area (Å²) in [5, 5.41) is 4.24. The Balaban J connectivity index is 1.62. The van der Waals surface area contributed by atoms with Crippen LogP contribution in [0, 0.1) is 0 Å². The first kappa shape index (κ1) is 20.8. The van der Waals surface area contributed by atoms with Crippen LogP contribution in [-0.4, -0.2) is 57.6 Å². The van der Waals surface area contributed by atoms with Gasteiger partial charge in [0.15, 0.2) is 0 Å². The molecule has 0 aliphatic carbocycles. The van der Waals surface area contributed by atoms with E-state index < -0.39 is 0 Å². The Morgan fingerprint density at radius 2 is 1.52 bits per heavy atom. The molecule has 0 N–H and O–H groups in total. The minimum absolute atomic E-state index is 0.00834. The van der Waals surface area contributed by atoms with Crippen molar-refractivity contribution in [2.75, 3.05) is 26.2 Å². The molecule has 2 amide bonds. The lowest BCUT2D eigenvalue weighted by atomic mass is 10.1. The van der Waals surface area contributed by atoms with Gasteiger partial charge < -0.3 is 9.80 Å². The minimum atomic E-state index is -0.199. The molecular weight excluding hydrogens is 368 g/mol. The number of benzene rings is 1. The molecule has 7 heteroatoms. The monoisotopic (exact) mass is 396 g/mol. The molecule has 154 valence electrons. The van der Waals surface area contributed by atoms with Crippen LogP contribution in [0.15, 0.2) is 41.2 Å². The number of carbonyl (C=O) groups excluding carboxylic acids is 2. The third-order valence-electron chi connectivity index (χ3n) is 5.27. The zero-order valence-electron chi connectivity index (χ0n) is 17.1. The first-order valence-electron chi connectivity index (χ1n) is 10.3. The van der Waals surface area contributed by atoms with Gasteiger partial charge in [-0.05, 0) is 36.6 Å². The quantitative estimate of drug-likeness (QED) is 0.750. The van der Waals surface area contributed by atoms with E-state index in [1.807, 2.05) is 31.2 Å². The first-order chi connectivity index (χ1) is 14.0. The molecule has 0 atom stereocenters. The number of carbonyl (C=O) groups is 2. The van der Waals surface area contributed by atoms with E-state index in [1.54, 1.807) is 9.80 Å². The highest BCUT2D eigenvalue weighted by molar-refractivity contribution is 5.95. The van der Waals surface area contributed by atoms with Gasteiger partial charge in [-0.3, -0.25) is 14.4 Å². The molecule has 0 spiro atoms. The number of aromatic nitrogens is 2. The van der Waals surface area contributed by atoms with Crippen molar-refractivity contribution >= 4 is 11.8 Å². The SMILES string of the molecule is CCCCn1nc(C(=O)N2CCN(C(=O)c3ccc(CC)cc3)CC2)ccc1=O. The van der Waals surface area contributed by atoms with Gasteiger partial charge in [0.25, 0.3) is 17.4 Å². The molecule has 7 nitrogen and oxygen atoms in total. The largest absolute Gasteiger partial charge is 0.335 e. The Labute approximate surface area is 170 Å². The van der Waals surface area contributed by atoms with Gasteiger partial charge in [0, 0.05) is 44.4 Å². The molecular formula is C22H28N4O3. The van der Waals surface area contributed by atoms with Crippen LogP contribution in [0.4, 0.5) is 0 Å². The van der Waals surface area contributed by atoms with Crippen molar-refractivity contribution < 1.29 is 9.59 Å². The standard InChI is InChI=1S/C22H28N4O3/c1-3-5-12-26-20(27)11-10-19(23-26)22(29)25-15-13-24(14-16-25)21(28)18-8-6-17(4-2)7-9-18/h6-11H,3-5,12-16H2,1-2H3. The molecule has 1 aliphatic rings. The molecule has 0 unspecified atom stereocenters. The average molecular weight is 396 g/mol. The van der Waals surface area contributed by atoms with Crippen LogP contribution < -0.4 is 5.56 Å². The van der Waals surface area contributed by atoms with Gasteiger partial charge in [-0.25, -0.2) is 4.68 Å². The zero-order valence-corrected chi connectivity index (χ0v) is 17.1. The summed E-state index contributed by atoms with van der Waals surface area (Å²) in [4.78, 5) is 40.9. The van der Waals surface area contributed by atoms with E-state index in [-0.39, 0.29) is 23.1 Å². The second-order valence-corrected chi connectivity index (χ2v) is 7.27. The summed E-state index contributed by atoms with van der Waals surface area (Å²) >= 11 is 0. The number of hydrogen-bond acceptors (Lipinski definition) is 4. The first-order valence-corrected chi connectivity index (χ1v) is 10.3. The van der Waals surface area contributed by atoms with Crippen LogP contribution in [0.25, 0.3) is 0 Å². The number of hydrogen-bond donors (Lipinski definition) is 0. The average Bonchev–Trinajstić information content (AvgIpc) is 2.77. The van der Waals surface area contributed by atoms with Crippen molar-refractivity contribution in [3.8, 4) is 0 Å². The number of aryl methyl sites for hydroxylation is 2. The molecule has 0 radical (unpaired) electrons. The van der Waals surface area contributed by atoms with E-state index >= 15 is 0 Å². The topological polar surface area (TPSA) is 75.5 Å². The van der Waals surface area contributed by atoms with Crippen molar-refractivity contribution in [1.82, 2.24) is 19.6 Å². The van der Waals surface area contributed by atoms with Crippen molar-refractivity contribution in [1.29, 1.82) is 0 Å². The smallest absolute Gasteiger partial charge is 0.274 e. The predicted octanol–water partition coefficient (Wildman–Crippen LogP) is 2.20. The third-order valence-corrected chi connectivity index (χ3v) is 5.27. The number of rotatable bonds is 6. The van der Waals surface area contributed by atoms with Gasteiger partial charge in [0.05, 0.1) is 0 Å². The lowest BCUT2D eigenvalue weighted by Gasteiger charge is -2.34. The summed E-state index contributed by atoms with van der Waals surface area (Å²) in [6.07, 6.45) is 2.73. The van der Waals surface area contributed by atoms with Gasteiger partial charge in [0.2, 0.25) is 0 Å². The molecule has 29 heavy (non-hydrogen) atoms. The molecule has 1 aromatic heterocycles. The van der Waals surface area contributed by atoms with Crippen LogP contribution in [0.1, 0.15) is 53.1 Å². The maximum atomic E-state index is 12.8. The third kappa shape index (κ3) is 4.91. The molecule has 1 fully saturated rings. The maximum absolute atomic E-state index is 12.8. The van der Waals surface area contributed by atoms with Crippen molar-refractivity contribution in [2.24, 2.45) is 0 Å². The molecule has 3 rings (SSSR count). The van der Waals surface area contributed by atoms with Gasteiger partial charge >= 0.3 is 0 Å². The molecule has 1 saturated heterocycles. The fourth-order valence-electron chi connectivity index (χ4n) is 3.37. The Kier molecular flexibility index (Phi) is 6.80. The van der Waals surface area contributed by atoms with Crippen LogP contribution in [-0.2, 0) is 13.0 Å². The summed E-state index contributed by atoms with van der Waals surface area (Å²) in [5.41, 5.74) is 1.95. The highest BCUT2D eigenvalue weighted by atomic mass is 16.2. The highest BCUT2D eigenvalue weighted by Gasteiger charge is 2.26. The van der Waals surface area contributed by atoms with Crippen molar-refractivity contribution in [3.63, 3.8) is 0 Å². The van der Waals surface area contributed by atoms with Gasteiger partial charge in [-0.15, -0.1) is 0 Å². The number of piperazine rings is 1. The van der Waals surface area contributed by atoms with Crippen molar-refractivity contribution in [3.05, 3.63) is 63.6 Å². The molecule has 0 bridgehead atoms. The summed E-state index contributed by atoms with van der Waals surface area (Å²) < 4.78 is 1.36. The Bertz CT molecular complexity index is 912. The van der Waals surface area contributed by atoms with E-state index in [0.29, 0.717) is 38.3 Å². The zero-order chi connectivity index (χ0) is 20.8. The second-order valence-electron chi connectivity index (χ2n) is 7.27. The van der Waals surface area contributed by atoms with Crippen LogP contribution in [0.5, 0.6) is 0 Å². The van der Waals surface area contributed by atoms with E-state index in [2.05, 4.69) is 12.0 Å². The van der Waals surface area contributed by atoms with Crippen LogP contribution >= 0.6 is 0 Å². The lowest BCUT2D eigenvalue weighted by molar-refractivity contribution is 0.0530. The summed E-state index contributed by atoms with van der Waals surface area (Å²) in [7, 11) is 0. The Hall–Kier alpha value is -2.96. The minimum Gasteiger partial charge on any atom is -0.335 e. The Morgan fingerprint density at radius 1 is 0.897 bits per heavy atom. The van der Waals surface area contributed by atoms with Gasteiger partial charge in [0.1, 0.15) is 5.69 Å². The van der Waals surface area contributed by atoms with Gasteiger partial charge in [-0.1, -0.05) is 32.4 Å². The summed E-state index contributed by atoms with van der Waals surface area (Å²) in [6.45, 7) is 6.50. The van der Waals surface area contributed by atoms with E-state index in [0.717, 1.165) is 19.3 Å². The molecule has 0 saturated carbocycles.